The normalized spacial score (nSPS) is 19.4. The van der Waals surface area contributed by atoms with Crippen molar-refractivity contribution < 1.29 is 34.0 Å². The van der Waals surface area contributed by atoms with Crippen molar-refractivity contribution in [1.82, 2.24) is 4.90 Å². The Labute approximate surface area is 332 Å². The smallest absolute Gasteiger partial charge is 0.336 e. The molecular weight excluding hydrogens is 711 g/mol. The topological polar surface area (TPSA) is 106 Å². The van der Waals surface area contributed by atoms with Crippen LogP contribution < -0.4 is 0 Å². The highest BCUT2D eigenvalue weighted by Crippen LogP contribution is 2.48. The highest BCUT2D eigenvalue weighted by atomic mass is 32.1. The van der Waals surface area contributed by atoms with Gasteiger partial charge in [-0.25, -0.2) is 4.79 Å². The number of ether oxygens (including phenoxy) is 3. The van der Waals surface area contributed by atoms with Crippen molar-refractivity contribution in [3.05, 3.63) is 120 Å². The molecule has 5 rings (SSSR count). The Hall–Kier alpha value is -3.89. The molecule has 0 aliphatic carbocycles. The fourth-order valence-electron chi connectivity index (χ4n) is 8.43. The number of unbranched alkanes of at least 4 members (excludes halogenated alkanes) is 5. The van der Waals surface area contributed by atoms with Crippen molar-refractivity contribution in [1.29, 1.82) is 0 Å². The molecule has 0 saturated carbocycles. The maximum Gasteiger partial charge on any atom is 0.336 e. The summed E-state index contributed by atoms with van der Waals surface area (Å²) in [6, 6.07) is 29.3. The molecule has 3 atom stereocenters. The summed E-state index contributed by atoms with van der Waals surface area (Å²) in [4.78, 5) is 29.1. The van der Waals surface area contributed by atoms with Gasteiger partial charge in [0.2, 0.25) is 5.91 Å². The molecule has 9 heteroatoms. The summed E-state index contributed by atoms with van der Waals surface area (Å²) in [7, 11) is 0. The molecule has 8 nitrogen and oxygen atoms in total. The van der Waals surface area contributed by atoms with E-state index in [0.717, 1.165) is 68.9 Å². The Morgan fingerprint density at radius 1 is 0.855 bits per heavy atom. The monoisotopic (exact) mass is 769 g/mol. The van der Waals surface area contributed by atoms with Crippen LogP contribution in [0.3, 0.4) is 0 Å². The molecule has 0 radical (unpaired) electrons. The first-order valence-electron chi connectivity index (χ1n) is 20.2. The van der Waals surface area contributed by atoms with Crippen LogP contribution in [0.5, 0.6) is 0 Å². The summed E-state index contributed by atoms with van der Waals surface area (Å²) in [5.41, 5.74) is -0.465. The SMILES string of the molecule is CCC[C@@](O)(C(=O)O)[C@H](C=CCCCCCCC1(CCCCc2ccccc2)OCCO1)C(=O)N1C(=S)OC(c2ccccc2)(c2ccccc2)C1C(C)C. The number of hydrogen-bond donors (Lipinski definition) is 2. The van der Waals surface area contributed by atoms with Gasteiger partial charge in [-0.2, -0.15) is 0 Å². The third-order valence-electron chi connectivity index (χ3n) is 11.1. The van der Waals surface area contributed by atoms with E-state index in [1.165, 1.54) is 10.5 Å². The summed E-state index contributed by atoms with van der Waals surface area (Å²) in [5, 5.41) is 22.2. The van der Waals surface area contributed by atoms with Gasteiger partial charge in [0.25, 0.3) is 5.17 Å². The lowest BCUT2D eigenvalue weighted by Crippen LogP contribution is -2.56. The number of rotatable bonds is 21. The Balaban J connectivity index is 1.25. The molecule has 0 spiro atoms. The number of nitrogens with zero attached hydrogens (tertiary/aromatic N) is 1. The van der Waals surface area contributed by atoms with Crippen molar-refractivity contribution in [3.8, 4) is 0 Å². The van der Waals surface area contributed by atoms with Crippen LogP contribution in [0.4, 0.5) is 0 Å². The molecular formula is C46H59NO7S. The first kappa shape index (κ1) is 42.3. The fraction of sp³-hybridized carbons (Fsp3) is 0.500. The minimum absolute atomic E-state index is 0.0387. The summed E-state index contributed by atoms with van der Waals surface area (Å²) < 4.78 is 18.9. The molecule has 2 aliphatic rings. The van der Waals surface area contributed by atoms with Crippen molar-refractivity contribution in [2.45, 2.75) is 121 Å². The van der Waals surface area contributed by atoms with E-state index in [1.807, 2.05) is 86.7 Å². The van der Waals surface area contributed by atoms with Crippen molar-refractivity contribution >= 4 is 29.3 Å². The van der Waals surface area contributed by atoms with Gasteiger partial charge < -0.3 is 24.4 Å². The van der Waals surface area contributed by atoms with Gasteiger partial charge in [-0.05, 0) is 68.6 Å². The maximum atomic E-state index is 14.8. The van der Waals surface area contributed by atoms with Crippen molar-refractivity contribution in [2.24, 2.45) is 11.8 Å². The minimum atomic E-state index is -2.33. The molecule has 2 heterocycles. The van der Waals surface area contributed by atoms with E-state index in [1.54, 1.807) is 13.0 Å². The summed E-state index contributed by atoms with van der Waals surface area (Å²) in [6.45, 7) is 7.07. The van der Waals surface area contributed by atoms with E-state index >= 15 is 0 Å². The fourth-order valence-corrected chi connectivity index (χ4v) is 8.76. The van der Waals surface area contributed by atoms with Crippen LogP contribution >= 0.6 is 12.2 Å². The van der Waals surface area contributed by atoms with Gasteiger partial charge in [-0.15, -0.1) is 0 Å². The number of carbonyl (C=O) groups is 2. The van der Waals surface area contributed by atoms with Gasteiger partial charge >= 0.3 is 5.97 Å². The molecule has 1 unspecified atom stereocenters. The second-order valence-corrected chi connectivity index (χ2v) is 15.7. The summed E-state index contributed by atoms with van der Waals surface area (Å²) >= 11 is 5.84. The lowest BCUT2D eigenvalue weighted by molar-refractivity contribution is -0.169. The van der Waals surface area contributed by atoms with E-state index in [0.29, 0.717) is 26.1 Å². The average molecular weight is 770 g/mol. The Morgan fingerprint density at radius 2 is 1.40 bits per heavy atom. The van der Waals surface area contributed by atoms with Crippen LogP contribution in [-0.2, 0) is 35.8 Å². The number of allylic oxidation sites excluding steroid dienone is 1. The van der Waals surface area contributed by atoms with Gasteiger partial charge in [0.1, 0.15) is 0 Å². The average Bonchev–Trinajstić information content (AvgIpc) is 3.79. The largest absolute Gasteiger partial charge is 0.479 e. The number of aliphatic carboxylic acids is 1. The number of aryl methyl sites for hydroxylation is 1. The second kappa shape index (κ2) is 19.8. The van der Waals surface area contributed by atoms with Gasteiger partial charge in [0.15, 0.2) is 17.0 Å². The van der Waals surface area contributed by atoms with E-state index in [-0.39, 0.29) is 17.5 Å². The minimum Gasteiger partial charge on any atom is -0.479 e. The van der Waals surface area contributed by atoms with E-state index in [4.69, 9.17) is 26.4 Å². The molecule has 3 aromatic carbocycles. The zero-order chi connectivity index (χ0) is 39.3. The molecule has 2 fully saturated rings. The summed E-state index contributed by atoms with van der Waals surface area (Å²) in [5.74, 6) is -4.05. The van der Waals surface area contributed by atoms with Crippen LogP contribution in [-0.4, -0.2) is 62.8 Å². The molecule has 1 amide bonds. The molecule has 0 bridgehead atoms. The number of carboxylic acids is 1. The number of benzene rings is 3. The zero-order valence-corrected chi connectivity index (χ0v) is 33.6. The highest BCUT2D eigenvalue weighted by Gasteiger charge is 2.60. The van der Waals surface area contributed by atoms with Crippen LogP contribution in [0, 0.1) is 11.8 Å². The first-order chi connectivity index (χ1) is 26.6. The molecule has 0 aromatic heterocycles. The van der Waals surface area contributed by atoms with Gasteiger partial charge in [0.05, 0.1) is 25.2 Å². The van der Waals surface area contributed by atoms with E-state index < -0.39 is 40.8 Å². The standard InChI is InChI=1S/C46H59NO7S/c1-4-30-45(51,42(49)50)39(29-18-7-5-6-8-20-31-44(52-33-34-53-44)32-21-19-24-36-22-12-9-13-23-36)41(48)47-40(35(2)3)46(54-43(47)55,37-25-14-10-15-26-37)38-27-16-11-17-28-38/h9-18,22-23,25-29,35,39-40,51H,4-8,19-21,24,30-34H2,1-3H3,(H,49,50)/t39-,40?,45+/m1/s1. The highest BCUT2D eigenvalue weighted by molar-refractivity contribution is 7.80. The van der Waals surface area contributed by atoms with Crippen LogP contribution in [0.25, 0.3) is 0 Å². The lowest BCUT2D eigenvalue weighted by Gasteiger charge is -2.39. The van der Waals surface area contributed by atoms with Crippen molar-refractivity contribution in [2.75, 3.05) is 13.2 Å². The van der Waals surface area contributed by atoms with Crippen LogP contribution in [0.1, 0.15) is 108 Å². The Morgan fingerprint density at radius 3 is 1.95 bits per heavy atom. The molecule has 2 aliphatic heterocycles. The summed E-state index contributed by atoms with van der Waals surface area (Å²) in [6.07, 6.45) is 13.1. The van der Waals surface area contributed by atoms with E-state index in [9.17, 15) is 19.8 Å². The number of thiocarbonyl (C=S) groups is 1. The predicted octanol–water partition coefficient (Wildman–Crippen LogP) is 9.38. The van der Waals surface area contributed by atoms with Crippen molar-refractivity contribution in [3.63, 3.8) is 0 Å². The first-order valence-corrected chi connectivity index (χ1v) is 20.6. The second-order valence-electron chi connectivity index (χ2n) is 15.4. The predicted molar refractivity (Wildman–Crippen MR) is 219 cm³/mol. The third-order valence-corrected chi connectivity index (χ3v) is 11.4. The number of hydrogen-bond acceptors (Lipinski definition) is 7. The van der Waals surface area contributed by atoms with Crippen LogP contribution in [0.15, 0.2) is 103 Å². The van der Waals surface area contributed by atoms with Gasteiger partial charge in [0, 0.05) is 24.0 Å². The lowest BCUT2D eigenvalue weighted by atomic mass is 9.75. The number of carbonyl (C=O) groups excluding carboxylic acids is 1. The molecule has 296 valence electrons. The zero-order valence-electron chi connectivity index (χ0n) is 32.7. The number of carboxylic acid groups (broad SMARTS) is 1. The van der Waals surface area contributed by atoms with Gasteiger partial charge in [-0.1, -0.05) is 143 Å². The number of amides is 1. The molecule has 3 aromatic rings. The molecule has 2 N–H and O–H groups in total. The van der Waals surface area contributed by atoms with Crippen LogP contribution in [0.2, 0.25) is 0 Å². The van der Waals surface area contributed by atoms with E-state index in [2.05, 4.69) is 24.3 Å². The molecule has 2 saturated heterocycles. The number of aliphatic hydroxyl groups is 1. The Bertz CT molecular complexity index is 1650. The Kier molecular flexibility index (Phi) is 15.2. The third kappa shape index (κ3) is 9.92. The van der Waals surface area contributed by atoms with Gasteiger partial charge in [-0.3, -0.25) is 9.69 Å². The maximum absolute atomic E-state index is 14.8. The molecule has 55 heavy (non-hydrogen) atoms. The quantitative estimate of drug-likeness (QED) is 0.0628.